The fourth-order valence-electron chi connectivity index (χ4n) is 2.20. The van der Waals surface area contributed by atoms with Gasteiger partial charge >= 0.3 is 0 Å². The first-order valence-corrected chi connectivity index (χ1v) is 5.91. The molecular formula is C12H27NO. The van der Waals surface area contributed by atoms with Crippen LogP contribution in [0.2, 0.25) is 0 Å². The molecule has 1 N–H and O–H groups in total. The summed E-state index contributed by atoms with van der Waals surface area (Å²) in [4.78, 5) is 0. The molecule has 0 aromatic rings. The summed E-state index contributed by atoms with van der Waals surface area (Å²) in [5, 5.41) is 3.40. The number of likely N-dealkylation sites (N-methyl/N-ethyl adjacent to an activating group) is 1. The van der Waals surface area contributed by atoms with Gasteiger partial charge in [-0.2, -0.15) is 0 Å². The molecule has 86 valence electrons. The number of hydrogen-bond acceptors (Lipinski definition) is 2. The van der Waals surface area contributed by atoms with Gasteiger partial charge in [0.05, 0.1) is 6.10 Å². The SMILES string of the molecule is CCCC(C)C(NC)C(CCC)OC. The molecule has 0 spiro atoms. The van der Waals surface area contributed by atoms with E-state index in [1.54, 1.807) is 0 Å². The standard InChI is InChI=1S/C12H27NO/c1-6-8-10(3)12(13-4)11(14-5)9-7-2/h10-13H,6-9H2,1-5H3. The maximum Gasteiger partial charge on any atom is 0.0726 e. The molecule has 0 aliphatic heterocycles. The lowest BCUT2D eigenvalue weighted by molar-refractivity contribution is 0.0444. The average molecular weight is 201 g/mol. The Hall–Kier alpha value is -0.0800. The number of hydrogen-bond donors (Lipinski definition) is 1. The zero-order valence-electron chi connectivity index (χ0n) is 10.5. The summed E-state index contributed by atoms with van der Waals surface area (Å²) in [6.07, 6.45) is 5.23. The molecule has 3 atom stereocenters. The van der Waals surface area contributed by atoms with Crippen molar-refractivity contribution in [2.75, 3.05) is 14.2 Å². The molecule has 0 rings (SSSR count). The molecule has 0 saturated carbocycles. The van der Waals surface area contributed by atoms with E-state index >= 15 is 0 Å². The second kappa shape index (κ2) is 8.25. The summed E-state index contributed by atoms with van der Waals surface area (Å²) in [5.41, 5.74) is 0. The van der Waals surface area contributed by atoms with Gasteiger partial charge in [0.1, 0.15) is 0 Å². The molecule has 0 aliphatic rings. The van der Waals surface area contributed by atoms with Crippen molar-refractivity contribution in [3.63, 3.8) is 0 Å². The molecule has 0 bridgehead atoms. The monoisotopic (exact) mass is 201 g/mol. The van der Waals surface area contributed by atoms with E-state index in [1.807, 2.05) is 14.2 Å². The van der Waals surface area contributed by atoms with Gasteiger partial charge in [-0.15, -0.1) is 0 Å². The lowest BCUT2D eigenvalue weighted by Gasteiger charge is -2.30. The van der Waals surface area contributed by atoms with Crippen LogP contribution in [-0.4, -0.2) is 26.3 Å². The summed E-state index contributed by atoms with van der Waals surface area (Å²) >= 11 is 0. The van der Waals surface area contributed by atoms with Gasteiger partial charge < -0.3 is 10.1 Å². The van der Waals surface area contributed by atoms with Crippen molar-refractivity contribution in [1.29, 1.82) is 0 Å². The first-order valence-electron chi connectivity index (χ1n) is 5.91. The van der Waals surface area contributed by atoms with E-state index < -0.39 is 0 Å². The lowest BCUT2D eigenvalue weighted by Crippen LogP contribution is -2.43. The van der Waals surface area contributed by atoms with Gasteiger partial charge in [0, 0.05) is 13.2 Å². The van der Waals surface area contributed by atoms with Crippen LogP contribution in [0.4, 0.5) is 0 Å². The summed E-state index contributed by atoms with van der Waals surface area (Å²) in [5.74, 6) is 0.696. The lowest BCUT2D eigenvalue weighted by atomic mass is 9.91. The van der Waals surface area contributed by atoms with Gasteiger partial charge in [0.15, 0.2) is 0 Å². The van der Waals surface area contributed by atoms with Crippen LogP contribution < -0.4 is 5.32 Å². The minimum atomic E-state index is 0.367. The topological polar surface area (TPSA) is 21.3 Å². The zero-order chi connectivity index (χ0) is 11.0. The number of methoxy groups -OCH3 is 1. The van der Waals surface area contributed by atoms with Crippen LogP contribution in [0, 0.1) is 5.92 Å². The van der Waals surface area contributed by atoms with Crippen molar-refractivity contribution in [3.05, 3.63) is 0 Å². The second-order valence-electron chi connectivity index (χ2n) is 4.14. The zero-order valence-corrected chi connectivity index (χ0v) is 10.5. The predicted octanol–water partition coefficient (Wildman–Crippen LogP) is 2.83. The molecule has 2 nitrogen and oxygen atoms in total. The smallest absolute Gasteiger partial charge is 0.0726 e. The van der Waals surface area contributed by atoms with E-state index in [1.165, 1.54) is 19.3 Å². The summed E-state index contributed by atoms with van der Waals surface area (Å²) < 4.78 is 5.55. The van der Waals surface area contributed by atoms with E-state index in [9.17, 15) is 0 Å². The van der Waals surface area contributed by atoms with Crippen molar-refractivity contribution in [2.24, 2.45) is 5.92 Å². The molecule has 2 heteroatoms. The largest absolute Gasteiger partial charge is 0.380 e. The van der Waals surface area contributed by atoms with Gasteiger partial charge in [0.25, 0.3) is 0 Å². The summed E-state index contributed by atoms with van der Waals surface area (Å²) in [6.45, 7) is 6.76. The molecule has 0 amide bonds. The fourth-order valence-corrected chi connectivity index (χ4v) is 2.20. The van der Waals surface area contributed by atoms with Crippen LogP contribution in [0.1, 0.15) is 46.5 Å². The molecule has 0 aromatic heterocycles. The van der Waals surface area contributed by atoms with Gasteiger partial charge in [-0.1, -0.05) is 33.6 Å². The molecule has 14 heavy (non-hydrogen) atoms. The van der Waals surface area contributed by atoms with Crippen molar-refractivity contribution < 1.29 is 4.74 Å². The normalized spacial score (nSPS) is 17.8. The Kier molecular flexibility index (Phi) is 8.20. The third-order valence-electron chi connectivity index (χ3n) is 2.97. The molecule has 0 saturated heterocycles. The Balaban J connectivity index is 4.18. The van der Waals surface area contributed by atoms with Gasteiger partial charge in [-0.25, -0.2) is 0 Å². The highest BCUT2D eigenvalue weighted by molar-refractivity contribution is 4.80. The predicted molar refractivity (Wildman–Crippen MR) is 62.6 cm³/mol. The van der Waals surface area contributed by atoms with Crippen molar-refractivity contribution in [2.45, 2.75) is 58.6 Å². The van der Waals surface area contributed by atoms with Crippen LogP contribution in [0.3, 0.4) is 0 Å². The third kappa shape index (κ3) is 4.43. The fraction of sp³-hybridized carbons (Fsp3) is 1.00. The molecule has 0 aromatic carbocycles. The quantitative estimate of drug-likeness (QED) is 0.652. The highest BCUT2D eigenvalue weighted by Crippen LogP contribution is 2.18. The van der Waals surface area contributed by atoms with Crippen molar-refractivity contribution in [1.82, 2.24) is 5.32 Å². The Labute approximate surface area is 89.4 Å². The van der Waals surface area contributed by atoms with Crippen LogP contribution in [0.25, 0.3) is 0 Å². The summed E-state index contributed by atoms with van der Waals surface area (Å²) in [6, 6.07) is 0.500. The van der Waals surface area contributed by atoms with Gasteiger partial charge in [-0.05, 0) is 25.8 Å². The Bertz CT molecular complexity index is 127. The van der Waals surface area contributed by atoms with Crippen molar-refractivity contribution >= 4 is 0 Å². The Morgan fingerprint density at radius 3 is 2.07 bits per heavy atom. The molecule has 0 radical (unpaired) electrons. The summed E-state index contributed by atoms with van der Waals surface area (Å²) in [7, 11) is 3.86. The first kappa shape index (κ1) is 13.9. The van der Waals surface area contributed by atoms with E-state index in [0.717, 1.165) is 6.42 Å². The third-order valence-corrected chi connectivity index (χ3v) is 2.97. The van der Waals surface area contributed by atoms with E-state index in [2.05, 4.69) is 26.1 Å². The molecule has 0 fully saturated rings. The van der Waals surface area contributed by atoms with E-state index in [0.29, 0.717) is 18.1 Å². The minimum absolute atomic E-state index is 0.367. The van der Waals surface area contributed by atoms with Crippen molar-refractivity contribution in [3.8, 4) is 0 Å². The first-order chi connectivity index (χ1) is 6.71. The second-order valence-corrected chi connectivity index (χ2v) is 4.14. The number of rotatable bonds is 8. The Morgan fingerprint density at radius 2 is 1.71 bits per heavy atom. The maximum atomic E-state index is 5.55. The van der Waals surface area contributed by atoms with E-state index in [4.69, 9.17) is 4.74 Å². The van der Waals surface area contributed by atoms with Crippen LogP contribution in [0.15, 0.2) is 0 Å². The highest BCUT2D eigenvalue weighted by Gasteiger charge is 2.23. The molecule has 0 aliphatic carbocycles. The highest BCUT2D eigenvalue weighted by atomic mass is 16.5. The Morgan fingerprint density at radius 1 is 1.14 bits per heavy atom. The average Bonchev–Trinajstić information content (AvgIpc) is 2.18. The van der Waals surface area contributed by atoms with E-state index in [-0.39, 0.29) is 0 Å². The molecular weight excluding hydrogens is 174 g/mol. The molecule has 0 heterocycles. The molecule has 3 unspecified atom stereocenters. The van der Waals surface area contributed by atoms with Crippen LogP contribution >= 0.6 is 0 Å². The van der Waals surface area contributed by atoms with Crippen LogP contribution in [0.5, 0.6) is 0 Å². The minimum Gasteiger partial charge on any atom is -0.380 e. The number of ether oxygens (including phenoxy) is 1. The maximum absolute atomic E-state index is 5.55. The van der Waals surface area contributed by atoms with Crippen LogP contribution in [-0.2, 0) is 4.74 Å². The van der Waals surface area contributed by atoms with Gasteiger partial charge in [0.2, 0.25) is 0 Å². The number of nitrogens with one attached hydrogen (secondary N) is 1. The van der Waals surface area contributed by atoms with Gasteiger partial charge in [-0.3, -0.25) is 0 Å².